The van der Waals surface area contributed by atoms with Gasteiger partial charge in [0.2, 0.25) is 5.91 Å². The smallest absolute Gasteiger partial charge is 0.327 e. The Hall–Kier alpha value is -1.44. The van der Waals surface area contributed by atoms with Gasteiger partial charge < -0.3 is 15.7 Å². The summed E-state index contributed by atoms with van der Waals surface area (Å²) in [6.07, 6.45) is 1.59. The van der Waals surface area contributed by atoms with E-state index in [1.807, 2.05) is 6.92 Å². The molecule has 1 saturated heterocycles. The number of nitrogens with two attached hydrogens (primary N) is 1. The second kappa shape index (κ2) is 7.37. The minimum absolute atomic E-state index is 0.157. The monoisotopic (exact) mass is 303 g/mol. The third-order valence-corrected chi connectivity index (χ3v) is 4.49. The second-order valence-corrected chi connectivity index (χ2v) is 5.81. The van der Waals surface area contributed by atoms with Crippen LogP contribution >= 0.6 is 11.8 Å². The highest BCUT2D eigenvalue weighted by molar-refractivity contribution is 8.00. The molecule has 114 valence electrons. The van der Waals surface area contributed by atoms with Crippen molar-refractivity contribution in [1.82, 2.24) is 9.80 Å². The molecule has 0 spiro atoms. The predicted octanol–water partition coefficient (Wildman–Crippen LogP) is 0.542. The van der Waals surface area contributed by atoms with Gasteiger partial charge in [-0.25, -0.2) is 9.59 Å². The zero-order valence-electron chi connectivity index (χ0n) is 11.7. The Morgan fingerprint density at radius 2 is 2.05 bits per heavy atom. The summed E-state index contributed by atoms with van der Waals surface area (Å²) >= 11 is 1.47. The molecule has 0 aromatic rings. The molecule has 1 heterocycles. The molecule has 1 aliphatic rings. The van der Waals surface area contributed by atoms with Crippen LogP contribution in [0.15, 0.2) is 0 Å². The third-order valence-electron chi connectivity index (χ3n) is 3.13. The van der Waals surface area contributed by atoms with Gasteiger partial charge in [0.15, 0.2) is 0 Å². The molecule has 2 unspecified atom stereocenters. The summed E-state index contributed by atoms with van der Waals surface area (Å²) in [5, 5.41) is 9.08. The fourth-order valence-electron chi connectivity index (χ4n) is 2.15. The van der Waals surface area contributed by atoms with Crippen molar-refractivity contribution >= 4 is 29.7 Å². The van der Waals surface area contributed by atoms with Crippen molar-refractivity contribution in [2.75, 3.05) is 18.8 Å². The van der Waals surface area contributed by atoms with Crippen molar-refractivity contribution < 1.29 is 19.5 Å². The summed E-state index contributed by atoms with van der Waals surface area (Å²) in [5.41, 5.74) is 5.12. The number of hydrogen-bond acceptors (Lipinski definition) is 4. The van der Waals surface area contributed by atoms with Crippen LogP contribution in [0.3, 0.4) is 0 Å². The van der Waals surface area contributed by atoms with Gasteiger partial charge in [0.1, 0.15) is 12.6 Å². The molecule has 3 N–H and O–H groups in total. The minimum Gasteiger partial charge on any atom is -0.480 e. The van der Waals surface area contributed by atoms with E-state index < -0.39 is 23.9 Å². The molecule has 1 fully saturated rings. The number of thioether (sulfide) groups is 1. The molecule has 1 aliphatic heterocycles. The highest BCUT2D eigenvalue weighted by Gasteiger charge is 2.42. The molecule has 0 aromatic carbocycles. The van der Waals surface area contributed by atoms with Crippen molar-refractivity contribution in [2.24, 2.45) is 5.73 Å². The molecule has 0 aromatic heterocycles. The van der Waals surface area contributed by atoms with E-state index >= 15 is 0 Å². The van der Waals surface area contributed by atoms with E-state index in [2.05, 4.69) is 0 Å². The maximum atomic E-state index is 12.5. The summed E-state index contributed by atoms with van der Waals surface area (Å²) in [4.78, 5) is 37.4. The number of amides is 3. The number of carbonyl (C=O) groups excluding carboxylic acids is 2. The normalized spacial score (nSPS) is 21.8. The number of carboxylic acids is 1. The van der Waals surface area contributed by atoms with Crippen LogP contribution in [-0.2, 0) is 9.59 Å². The fraction of sp³-hybridized carbons (Fsp3) is 0.750. The number of likely N-dealkylation sites (N-methyl/N-ethyl adjacent to an activating group) is 1. The van der Waals surface area contributed by atoms with E-state index in [1.54, 1.807) is 6.92 Å². The predicted molar refractivity (Wildman–Crippen MR) is 76.3 cm³/mol. The molecule has 0 saturated carbocycles. The Morgan fingerprint density at radius 1 is 1.40 bits per heavy atom. The lowest BCUT2D eigenvalue weighted by atomic mass is 10.2. The standard InChI is InChI=1S/C12H21N3O4S/c1-3-5-10-15(8(7-20-10)11(17)18)12(19)14(4-2)6-9(13)16/h8,10H,3-7H2,1-2H3,(H2,13,16)(H,17,18). The topological polar surface area (TPSA) is 104 Å². The third kappa shape index (κ3) is 3.78. The van der Waals surface area contributed by atoms with Gasteiger partial charge in [-0.2, -0.15) is 0 Å². The molecule has 1 rings (SSSR count). The first-order valence-corrected chi connectivity index (χ1v) is 7.67. The van der Waals surface area contributed by atoms with Crippen LogP contribution in [0.5, 0.6) is 0 Å². The molecule has 8 heteroatoms. The van der Waals surface area contributed by atoms with Crippen molar-refractivity contribution in [3.05, 3.63) is 0 Å². The summed E-state index contributed by atoms with van der Waals surface area (Å²) in [6, 6.07) is -1.27. The molecule has 3 amide bonds. The van der Waals surface area contributed by atoms with Crippen LogP contribution < -0.4 is 5.73 Å². The lowest BCUT2D eigenvalue weighted by Crippen LogP contribution is -2.53. The Morgan fingerprint density at radius 3 is 2.50 bits per heavy atom. The number of aliphatic carboxylic acids is 1. The number of carboxylic acid groups (broad SMARTS) is 1. The first kappa shape index (κ1) is 16.6. The summed E-state index contributed by atoms with van der Waals surface area (Å²) in [5.74, 6) is -1.24. The average Bonchev–Trinajstić information content (AvgIpc) is 2.79. The Labute approximate surface area is 122 Å². The zero-order valence-corrected chi connectivity index (χ0v) is 12.6. The number of nitrogens with zero attached hydrogens (tertiary/aromatic N) is 2. The van der Waals surface area contributed by atoms with Crippen molar-refractivity contribution in [3.8, 4) is 0 Å². The zero-order chi connectivity index (χ0) is 15.3. The number of carbonyl (C=O) groups is 3. The number of urea groups is 1. The van der Waals surface area contributed by atoms with Gasteiger partial charge in [0, 0.05) is 12.3 Å². The van der Waals surface area contributed by atoms with Crippen LogP contribution in [0.1, 0.15) is 26.7 Å². The molecular formula is C12H21N3O4S. The van der Waals surface area contributed by atoms with Crippen LogP contribution in [0.4, 0.5) is 4.79 Å². The number of primary amides is 1. The van der Waals surface area contributed by atoms with Crippen LogP contribution in [0, 0.1) is 0 Å². The van der Waals surface area contributed by atoms with Gasteiger partial charge in [-0.05, 0) is 13.3 Å². The summed E-state index contributed by atoms with van der Waals surface area (Å²) in [7, 11) is 0. The maximum Gasteiger partial charge on any atom is 0.327 e. The van der Waals surface area contributed by atoms with E-state index in [9.17, 15) is 19.5 Å². The van der Waals surface area contributed by atoms with E-state index in [4.69, 9.17) is 5.73 Å². The number of hydrogen-bond donors (Lipinski definition) is 2. The molecule has 2 atom stereocenters. The van der Waals surface area contributed by atoms with Crippen LogP contribution in [0.2, 0.25) is 0 Å². The Kier molecular flexibility index (Phi) is 6.12. The van der Waals surface area contributed by atoms with E-state index in [0.29, 0.717) is 12.3 Å². The molecule has 0 bridgehead atoms. The first-order valence-electron chi connectivity index (χ1n) is 6.62. The van der Waals surface area contributed by atoms with Crippen LogP contribution in [-0.4, -0.2) is 63.1 Å². The second-order valence-electron chi connectivity index (χ2n) is 4.60. The van der Waals surface area contributed by atoms with Gasteiger partial charge in [0.05, 0.1) is 5.37 Å². The average molecular weight is 303 g/mol. The SMILES string of the molecule is CCCC1SCC(C(=O)O)N1C(=O)N(CC)CC(N)=O. The summed E-state index contributed by atoms with van der Waals surface area (Å²) in [6.45, 7) is 3.84. The van der Waals surface area contributed by atoms with Gasteiger partial charge in [0.25, 0.3) is 0 Å². The highest BCUT2D eigenvalue weighted by atomic mass is 32.2. The molecule has 0 aliphatic carbocycles. The lowest BCUT2D eigenvalue weighted by Gasteiger charge is -2.32. The molecular weight excluding hydrogens is 282 g/mol. The largest absolute Gasteiger partial charge is 0.480 e. The van der Waals surface area contributed by atoms with Gasteiger partial charge >= 0.3 is 12.0 Å². The quantitative estimate of drug-likeness (QED) is 0.745. The van der Waals surface area contributed by atoms with E-state index in [-0.39, 0.29) is 11.9 Å². The maximum absolute atomic E-state index is 12.5. The van der Waals surface area contributed by atoms with E-state index in [0.717, 1.165) is 12.8 Å². The lowest BCUT2D eigenvalue weighted by molar-refractivity contribution is -0.141. The number of rotatable bonds is 6. The van der Waals surface area contributed by atoms with Gasteiger partial charge in [-0.1, -0.05) is 13.3 Å². The van der Waals surface area contributed by atoms with Gasteiger partial charge in [-0.3, -0.25) is 9.69 Å². The summed E-state index contributed by atoms with van der Waals surface area (Å²) < 4.78 is 0. The van der Waals surface area contributed by atoms with Gasteiger partial charge in [-0.15, -0.1) is 11.8 Å². The Bertz CT molecular complexity index is 391. The van der Waals surface area contributed by atoms with Crippen LogP contribution in [0.25, 0.3) is 0 Å². The van der Waals surface area contributed by atoms with Crippen molar-refractivity contribution in [3.63, 3.8) is 0 Å². The van der Waals surface area contributed by atoms with Crippen molar-refractivity contribution in [1.29, 1.82) is 0 Å². The first-order chi connectivity index (χ1) is 9.42. The highest BCUT2D eigenvalue weighted by Crippen LogP contribution is 2.33. The molecule has 7 nitrogen and oxygen atoms in total. The van der Waals surface area contributed by atoms with Crippen molar-refractivity contribution in [2.45, 2.75) is 38.1 Å². The minimum atomic E-state index is -1.01. The molecule has 20 heavy (non-hydrogen) atoms. The Balaban J connectivity index is 2.92. The fourth-order valence-corrected chi connectivity index (χ4v) is 3.65. The molecule has 0 radical (unpaired) electrons. The van der Waals surface area contributed by atoms with E-state index in [1.165, 1.54) is 21.6 Å².